The third-order valence-electron chi connectivity index (χ3n) is 3.71. The van der Waals surface area contributed by atoms with E-state index in [-0.39, 0.29) is 5.56 Å². The van der Waals surface area contributed by atoms with Crippen molar-refractivity contribution in [1.82, 2.24) is 0 Å². The SMILES string of the molecule is NC(=O)c1ccc(CN2CCc3cc(Cl)ccc32)cc1F. The van der Waals surface area contributed by atoms with Crippen LogP contribution in [-0.4, -0.2) is 12.5 Å². The first-order chi connectivity index (χ1) is 10.0. The molecule has 0 aliphatic carbocycles. The summed E-state index contributed by atoms with van der Waals surface area (Å²) in [6, 6.07) is 10.3. The predicted molar refractivity (Wildman–Crippen MR) is 81.1 cm³/mol. The van der Waals surface area contributed by atoms with Crippen LogP contribution in [0.25, 0.3) is 0 Å². The van der Waals surface area contributed by atoms with Crippen molar-refractivity contribution < 1.29 is 9.18 Å². The van der Waals surface area contributed by atoms with Gasteiger partial charge in [-0.2, -0.15) is 0 Å². The summed E-state index contributed by atoms with van der Waals surface area (Å²) >= 11 is 5.99. The van der Waals surface area contributed by atoms with E-state index in [1.807, 2.05) is 18.2 Å². The molecule has 1 aliphatic heterocycles. The highest BCUT2D eigenvalue weighted by Crippen LogP contribution is 2.31. The van der Waals surface area contributed by atoms with Gasteiger partial charge in [0, 0.05) is 23.8 Å². The van der Waals surface area contributed by atoms with Gasteiger partial charge in [-0.1, -0.05) is 17.7 Å². The molecule has 3 nitrogen and oxygen atoms in total. The van der Waals surface area contributed by atoms with E-state index >= 15 is 0 Å². The highest BCUT2D eigenvalue weighted by atomic mass is 35.5. The molecule has 1 amide bonds. The molecule has 2 aromatic rings. The van der Waals surface area contributed by atoms with Gasteiger partial charge in [0.05, 0.1) is 5.56 Å². The average Bonchev–Trinajstić information content (AvgIpc) is 2.80. The van der Waals surface area contributed by atoms with Crippen molar-refractivity contribution in [3.63, 3.8) is 0 Å². The van der Waals surface area contributed by atoms with E-state index in [1.165, 1.54) is 17.7 Å². The van der Waals surface area contributed by atoms with Crippen LogP contribution in [0.5, 0.6) is 0 Å². The lowest BCUT2D eigenvalue weighted by atomic mass is 10.1. The number of rotatable bonds is 3. The Morgan fingerprint density at radius 2 is 2.10 bits per heavy atom. The molecule has 0 saturated carbocycles. The van der Waals surface area contributed by atoms with Crippen molar-refractivity contribution in [2.45, 2.75) is 13.0 Å². The number of anilines is 1. The van der Waals surface area contributed by atoms with Gasteiger partial charge in [-0.3, -0.25) is 4.79 Å². The molecule has 0 aromatic heterocycles. The third-order valence-corrected chi connectivity index (χ3v) is 3.94. The van der Waals surface area contributed by atoms with Gasteiger partial charge in [-0.15, -0.1) is 0 Å². The minimum Gasteiger partial charge on any atom is -0.367 e. The summed E-state index contributed by atoms with van der Waals surface area (Å²) in [5.41, 5.74) is 8.16. The van der Waals surface area contributed by atoms with Crippen molar-refractivity contribution >= 4 is 23.2 Å². The van der Waals surface area contributed by atoms with Gasteiger partial charge in [0.1, 0.15) is 5.82 Å². The Balaban J connectivity index is 1.83. The number of nitrogens with zero attached hydrogens (tertiary/aromatic N) is 1. The number of halogens is 2. The number of fused-ring (bicyclic) bond motifs is 1. The van der Waals surface area contributed by atoms with Crippen LogP contribution in [0.4, 0.5) is 10.1 Å². The van der Waals surface area contributed by atoms with Gasteiger partial charge < -0.3 is 10.6 Å². The summed E-state index contributed by atoms with van der Waals surface area (Å²) in [5, 5.41) is 0.729. The number of carbonyl (C=O) groups is 1. The summed E-state index contributed by atoms with van der Waals surface area (Å²) < 4.78 is 13.8. The van der Waals surface area contributed by atoms with E-state index in [1.54, 1.807) is 6.07 Å². The molecule has 0 atom stereocenters. The molecule has 3 rings (SSSR count). The van der Waals surface area contributed by atoms with Crippen LogP contribution < -0.4 is 10.6 Å². The fourth-order valence-electron chi connectivity index (χ4n) is 2.68. The van der Waals surface area contributed by atoms with Gasteiger partial charge in [0.15, 0.2) is 0 Å². The summed E-state index contributed by atoms with van der Waals surface area (Å²) in [7, 11) is 0. The van der Waals surface area contributed by atoms with Crippen LogP contribution in [0.3, 0.4) is 0 Å². The number of hydrogen-bond donors (Lipinski definition) is 1. The maximum Gasteiger partial charge on any atom is 0.251 e. The standard InChI is InChI=1S/C16H14ClFN2O/c17-12-2-4-15-11(8-12)5-6-20(15)9-10-1-3-13(16(19)21)14(18)7-10/h1-4,7-8H,5-6,9H2,(H2,19,21). The minimum absolute atomic E-state index is 0.0765. The van der Waals surface area contributed by atoms with E-state index in [0.29, 0.717) is 6.54 Å². The molecular weight excluding hydrogens is 291 g/mol. The second-order valence-electron chi connectivity index (χ2n) is 5.12. The topological polar surface area (TPSA) is 46.3 Å². The monoisotopic (exact) mass is 304 g/mol. The molecule has 2 N–H and O–H groups in total. The van der Waals surface area contributed by atoms with Gasteiger partial charge in [-0.25, -0.2) is 4.39 Å². The summed E-state index contributed by atoms with van der Waals surface area (Å²) in [5.74, 6) is -1.32. The zero-order chi connectivity index (χ0) is 15.0. The van der Waals surface area contributed by atoms with E-state index in [4.69, 9.17) is 17.3 Å². The van der Waals surface area contributed by atoms with Crippen LogP contribution >= 0.6 is 11.6 Å². The normalized spacial score (nSPS) is 13.3. The van der Waals surface area contributed by atoms with Crippen LogP contribution in [0.2, 0.25) is 5.02 Å². The van der Waals surface area contributed by atoms with E-state index in [9.17, 15) is 9.18 Å². The average molecular weight is 305 g/mol. The lowest BCUT2D eigenvalue weighted by molar-refractivity contribution is 0.0996. The molecule has 0 spiro atoms. The van der Waals surface area contributed by atoms with Crippen molar-refractivity contribution in [3.8, 4) is 0 Å². The second-order valence-corrected chi connectivity index (χ2v) is 5.56. The van der Waals surface area contributed by atoms with Crippen LogP contribution in [0, 0.1) is 5.82 Å². The van der Waals surface area contributed by atoms with Gasteiger partial charge in [0.2, 0.25) is 0 Å². The Bertz CT molecular complexity index is 717. The molecule has 21 heavy (non-hydrogen) atoms. The van der Waals surface area contributed by atoms with Crippen LogP contribution in [-0.2, 0) is 13.0 Å². The molecule has 2 aromatic carbocycles. The number of amides is 1. The summed E-state index contributed by atoms with van der Waals surface area (Å²) in [6.07, 6.45) is 0.928. The van der Waals surface area contributed by atoms with Gasteiger partial charge in [0.25, 0.3) is 5.91 Å². The lowest BCUT2D eigenvalue weighted by Crippen LogP contribution is -2.20. The molecular formula is C16H14ClFN2O. The van der Waals surface area contributed by atoms with Crippen molar-refractivity contribution in [3.05, 3.63) is 63.9 Å². The minimum atomic E-state index is -0.750. The van der Waals surface area contributed by atoms with Crippen molar-refractivity contribution in [2.24, 2.45) is 5.73 Å². The predicted octanol–water partition coefficient (Wildman–Crippen LogP) is 3.14. The Labute approximate surface area is 127 Å². The van der Waals surface area contributed by atoms with Gasteiger partial charge >= 0.3 is 0 Å². The first-order valence-electron chi connectivity index (χ1n) is 6.66. The largest absolute Gasteiger partial charge is 0.367 e. The molecule has 1 aliphatic rings. The van der Waals surface area contributed by atoms with E-state index in [0.717, 1.165) is 29.2 Å². The van der Waals surface area contributed by atoms with Crippen molar-refractivity contribution in [1.29, 1.82) is 0 Å². The molecule has 0 bridgehead atoms. The Hall–Kier alpha value is -2.07. The third kappa shape index (κ3) is 2.72. The molecule has 108 valence electrons. The first kappa shape index (κ1) is 13.9. The number of nitrogens with two attached hydrogens (primary N) is 1. The molecule has 0 unspecified atom stereocenters. The molecule has 1 heterocycles. The zero-order valence-corrected chi connectivity index (χ0v) is 12.0. The summed E-state index contributed by atoms with van der Waals surface area (Å²) in [6.45, 7) is 1.46. The highest BCUT2D eigenvalue weighted by Gasteiger charge is 2.19. The summed E-state index contributed by atoms with van der Waals surface area (Å²) in [4.78, 5) is 13.2. The lowest BCUT2D eigenvalue weighted by Gasteiger charge is -2.19. The molecule has 0 radical (unpaired) electrons. The smallest absolute Gasteiger partial charge is 0.251 e. The number of hydrogen-bond acceptors (Lipinski definition) is 2. The van der Waals surface area contributed by atoms with E-state index in [2.05, 4.69) is 4.90 Å². The quantitative estimate of drug-likeness (QED) is 0.947. The number of benzene rings is 2. The molecule has 0 saturated heterocycles. The van der Waals surface area contributed by atoms with Crippen LogP contribution in [0.1, 0.15) is 21.5 Å². The first-order valence-corrected chi connectivity index (χ1v) is 7.04. The second kappa shape index (κ2) is 5.37. The molecule has 0 fully saturated rings. The number of primary amides is 1. The fraction of sp³-hybridized carbons (Fsp3) is 0.188. The maximum atomic E-state index is 13.8. The maximum absolute atomic E-state index is 13.8. The fourth-order valence-corrected chi connectivity index (χ4v) is 2.87. The Morgan fingerprint density at radius 3 is 2.81 bits per heavy atom. The highest BCUT2D eigenvalue weighted by molar-refractivity contribution is 6.30. The molecule has 5 heteroatoms. The van der Waals surface area contributed by atoms with Crippen LogP contribution in [0.15, 0.2) is 36.4 Å². The van der Waals surface area contributed by atoms with Crippen molar-refractivity contribution in [2.75, 3.05) is 11.4 Å². The Kier molecular flexibility index (Phi) is 3.55. The Morgan fingerprint density at radius 1 is 1.29 bits per heavy atom. The zero-order valence-electron chi connectivity index (χ0n) is 11.3. The van der Waals surface area contributed by atoms with E-state index < -0.39 is 11.7 Å². The number of carbonyl (C=O) groups excluding carboxylic acids is 1. The van der Waals surface area contributed by atoms with Gasteiger partial charge in [-0.05, 0) is 47.9 Å².